The Morgan fingerprint density at radius 2 is 2.14 bits per heavy atom. The average molecular weight is 190 g/mol. The van der Waals surface area contributed by atoms with Gasteiger partial charge in [0.15, 0.2) is 6.29 Å². The molecule has 0 unspecified atom stereocenters. The van der Waals surface area contributed by atoms with Gasteiger partial charge in [-0.05, 0) is 29.8 Å². The van der Waals surface area contributed by atoms with E-state index in [0.717, 1.165) is 0 Å². The smallest absolute Gasteiger partial charge is 0.150 e. The molecular formula is C11H7FO2. The second kappa shape index (κ2) is 3.46. The fraction of sp³-hybridized carbons (Fsp3) is 0. The van der Waals surface area contributed by atoms with E-state index in [-0.39, 0.29) is 5.82 Å². The van der Waals surface area contributed by atoms with Crippen molar-refractivity contribution in [2.24, 2.45) is 0 Å². The first-order valence-electron chi connectivity index (χ1n) is 4.08. The maximum atomic E-state index is 12.9. The normalized spacial score (nSPS) is 10.1. The van der Waals surface area contributed by atoms with Crippen LogP contribution in [0.5, 0.6) is 0 Å². The molecule has 0 fully saturated rings. The summed E-state index contributed by atoms with van der Waals surface area (Å²) in [5.74, 6) is -0.369. The summed E-state index contributed by atoms with van der Waals surface area (Å²) in [6.45, 7) is 0. The summed E-state index contributed by atoms with van der Waals surface area (Å²) in [5, 5.41) is 0. The van der Waals surface area contributed by atoms with Gasteiger partial charge in [0.2, 0.25) is 0 Å². The molecule has 0 aliphatic carbocycles. The van der Waals surface area contributed by atoms with Crippen molar-refractivity contribution in [1.82, 2.24) is 0 Å². The molecule has 1 aromatic carbocycles. The molecule has 0 aliphatic heterocycles. The summed E-state index contributed by atoms with van der Waals surface area (Å²) in [6, 6.07) is 5.70. The highest BCUT2D eigenvalue weighted by atomic mass is 19.1. The van der Waals surface area contributed by atoms with E-state index in [1.54, 1.807) is 6.07 Å². The minimum absolute atomic E-state index is 0.369. The minimum atomic E-state index is -0.369. The van der Waals surface area contributed by atoms with E-state index >= 15 is 0 Å². The Morgan fingerprint density at radius 1 is 1.29 bits per heavy atom. The monoisotopic (exact) mass is 190 g/mol. The van der Waals surface area contributed by atoms with Crippen LogP contribution < -0.4 is 0 Å². The van der Waals surface area contributed by atoms with Crippen molar-refractivity contribution in [2.75, 3.05) is 0 Å². The molecule has 2 nitrogen and oxygen atoms in total. The van der Waals surface area contributed by atoms with Crippen molar-refractivity contribution in [2.45, 2.75) is 0 Å². The standard InChI is InChI=1S/C11H7FO2/c12-10-2-1-8(6-13)11(5-10)9-3-4-14-7-9/h1-7H. The second-order valence-corrected chi connectivity index (χ2v) is 2.86. The first-order valence-corrected chi connectivity index (χ1v) is 4.08. The van der Waals surface area contributed by atoms with Gasteiger partial charge in [-0.15, -0.1) is 0 Å². The molecule has 0 bridgehead atoms. The first-order chi connectivity index (χ1) is 6.81. The highest BCUT2D eigenvalue weighted by Gasteiger charge is 2.06. The molecule has 0 N–H and O–H groups in total. The van der Waals surface area contributed by atoms with Gasteiger partial charge in [0, 0.05) is 11.1 Å². The molecule has 2 rings (SSSR count). The second-order valence-electron chi connectivity index (χ2n) is 2.86. The maximum absolute atomic E-state index is 12.9. The Morgan fingerprint density at radius 3 is 2.79 bits per heavy atom. The van der Waals surface area contributed by atoms with E-state index in [1.165, 1.54) is 30.7 Å². The number of carbonyl (C=O) groups is 1. The molecule has 0 radical (unpaired) electrons. The lowest BCUT2D eigenvalue weighted by molar-refractivity contribution is 0.112. The SMILES string of the molecule is O=Cc1ccc(F)cc1-c1ccoc1. The topological polar surface area (TPSA) is 30.2 Å². The van der Waals surface area contributed by atoms with E-state index in [0.29, 0.717) is 23.0 Å². The zero-order valence-corrected chi connectivity index (χ0v) is 7.24. The largest absolute Gasteiger partial charge is 0.472 e. The third kappa shape index (κ3) is 1.44. The Hall–Kier alpha value is -1.90. The van der Waals surface area contributed by atoms with Crippen LogP contribution in [0.15, 0.2) is 41.2 Å². The summed E-state index contributed by atoms with van der Waals surface area (Å²) in [6.07, 6.45) is 3.65. The van der Waals surface area contributed by atoms with Crippen LogP contribution in [0.2, 0.25) is 0 Å². The van der Waals surface area contributed by atoms with E-state index in [4.69, 9.17) is 4.42 Å². The number of halogens is 1. The van der Waals surface area contributed by atoms with Crippen LogP contribution in [0, 0.1) is 5.82 Å². The summed E-state index contributed by atoms with van der Waals surface area (Å²) < 4.78 is 17.8. The van der Waals surface area contributed by atoms with Crippen molar-refractivity contribution < 1.29 is 13.6 Å². The highest BCUT2D eigenvalue weighted by Crippen LogP contribution is 2.23. The molecule has 0 atom stereocenters. The number of carbonyl (C=O) groups excluding carboxylic acids is 1. The third-order valence-electron chi connectivity index (χ3n) is 1.97. The zero-order chi connectivity index (χ0) is 9.97. The van der Waals surface area contributed by atoms with Crippen molar-refractivity contribution in [3.05, 3.63) is 48.2 Å². The average Bonchev–Trinajstić information content (AvgIpc) is 2.70. The zero-order valence-electron chi connectivity index (χ0n) is 7.24. The summed E-state index contributed by atoms with van der Waals surface area (Å²) in [5.41, 5.74) is 1.70. The fourth-order valence-corrected chi connectivity index (χ4v) is 1.30. The molecule has 2 aromatic rings. The van der Waals surface area contributed by atoms with E-state index in [1.807, 2.05) is 0 Å². The number of benzene rings is 1. The highest BCUT2D eigenvalue weighted by molar-refractivity contribution is 5.87. The Labute approximate surface area is 80.0 Å². The lowest BCUT2D eigenvalue weighted by Gasteiger charge is -2.00. The van der Waals surface area contributed by atoms with Gasteiger partial charge in [0.25, 0.3) is 0 Å². The van der Waals surface area contributed by atoms with E-state index in [9.17, 15) is 9.18 Å². The maximum Gasteiger partial charge on any atom is 0.150 e. The Bertz CT molecular complexity index is 446. The van der Waals surface area contributed by atoms with Crippen LogP contribution in [0.25, 0.3) is 11.1 Å². The van der Waals surface area contributed by atoms with Gasteiger partial charge in [0.1, 0.15) is 5.82 Å². The number of aldehydes is 1. The molecule has 1 heterocycles. The summed E-state index contributed by atoms with van der Waals surface area (Å²) in [4.78, 5) is 10.7. The molecule has 1 aromatic heterocycles. The van der Waals surface area contributed by atoms with Gasteiger partial charge in [-0.2, -0.15) is 0 Å². The molecule has 0 spiro atoms. The van der Waals surface area contributed by atoms with Crippen LogP contribution >= 0.6 is 0 Å². The van der Waals surface area contributed by atoms with Crippen molar-refractivity contribution in [3.63, 3.8) is 0 Å². The molecule has 0 saturated carbocycles. The number of hydrogen-bond donors (Lipinski definition) is 0. The van der Waals surface area contributed by atoms with Crippen LogP contribution in [-0.2, 0) is 0 Å². The Kier molecular flexibility index (Phi) is 2.14. The Balaban J connectivity index is 2.61. The van der Waals surface area contributed by atoms with Gasteiger partial charge in [-0.3, -0.25) is 4.79 Å². The molecule has 0 amide bonds. The number of hydrogen-bond acceptors (Lipinski definition) is 2. The molecule has 0 aliphatic rings. The quantitative estimate of drug-likeness (QED) is 0.681. The van der Waals surface area contributed by atoms with Gasteiger partial charge in [-0.25, -0.2) is 4.39 Å². The predicted octanol–water partition coefficient (Wildman–Crippen LogP) is 2.90. The molecular weight excluding hydrogens is 183 g/mol. The van der Waals surface area contributed by atoms with Crippen LogP contribution in [-0.4, -0.2) is 6.29 Å². The summed E-state index contributed by atoms with van der Waals surface area (Å²) >= 11 is 0. The molecule has 70 valence electrons. The number of rotatable bonds is 2. The van der Waals surface area contributed by atoms with Gasteiger partial charge < -0.3 is 4.42 Å². The van der Waals surface area contributed by atoms with Crippen LogP contribution in [0.1, 0.15) is 10.4 Å². The van der Waals surface area contributed by atoms with E-state index in [2.05, 4.69) is 0 Å². The van der Waals surface area contributed by atoms with E-state index < -0.39 is 0 Å². The fourth-order valence-electron chi connectivity index (χ4n) is 1.30. The van der Waals surface area contributed by atoms with Crippen molar-refractivity contribution in [3.8, 4) is 11.1 Å². The molecule has 3 heteroatoms. The number of furan rings is 1. The van der Waals surface area contributed by atoms with Gasteiger partial charge in [0.05, 0.1) is 12.5 Å². The summed E-state index contributed by atoms with van der Waals surface area (Å²) in [7, 11) is 0. The first kappa shape index (κ1) is 8.69. The van der Waals surface area contributed by atoms with Gasteiger partial charge >= 0.3 is 0 Å². The molecule has 0 saturated heterocycles. The minimum Gasteiger partial charge on any atom is -0.472 e. The van der Waals surface area contributed by atoms with Crippen LogP contribution in [0.4, 0.5) is 4.39 Å². The third-order valence-corrected chi connectivity index (χ3v) is 1.97. The van der Waals surface area contributed by atoms with Crippen molar-refractivity contribution >= 4 is 6.29 Å². The van der Waals surface area contributed by atoms with Gasteiger partial charge in [-0.1, -0.05) is 0 Å². The predicted molar refractivity (Wildman–Crippen MR) is 49.5 cm³/mol. The molecule has 14 heavy (non-hydrogen) atoms. The van der Waals surface area contributed by atoms with Crippen LogP contribution in [0.3, 0.4) is 0 Å². The lowest BCUT2D eigenvalue weighted by atomic mass is 10.0. The lowest BCUT2D eigenvalue weighted by Crippen LogP contribution is -1.87. The van der Waals surface area contributed by atoms with Crippen molar-refractivity contribution in [1.29, 1.82) is 0 Å².